The molecule has 25 heavy (non-hydrogen) atoms. The summed E-state index contributed by atoms with van der Waals surface area (Å²) in [6.07, 6.45) is -2.85. The molecule has 12 nitrogen and oxygen atoms in total. The lowest BCUT2D eigenvalue weighted by Gasteiger charge is -2.16. The maximum Gasteiger partial charge on any atom is 0.469 e. The van der Waals surface area contributed by atoms with E-state index in [9.17, 15) is 19.6 Å². The molecule has 1 aliphatic heterocycles. The third kappa shape index (κ3) is 4.12. The van der Waals surface area contributed by atoms with Crippen molar-refractivity contribution in [2.24, 2.45) is 0 Å². The number of aromatic amines is 1. The largest absolute Gasteiger partial charge is 0.469 e. The first kappa shape index (κ1) is 21.4. The molecule has 0 amide bonds. The van der Waals surface area contributed by atoms with Gasteiger partial charge in [0.15, 0.2) is 17.4 Å². The van der Waals surface area contributed by atoms with Crippen LogP contribution in [0.4, 0.5) is 0 Å². The zero-order valence-corrected chi connectivity index (χ0v) is 12.3. The number of aliphatic hydroxyl groups is 2. The van der Waals surface area contributed by atoms with Crippen LogP contribution in [-0.4, -0.2) is 64.4 Å². The van der Waals surface area contributed by atoms with E-state index in [2.05, 4.69) is 19.5 Å². The lowest BCUT2D eigenvalue weighted by atomic mass is 10.1. The van der Waals surface area contributed by atoms with Gasteiger partial charge in [0.1, 0.15) is 18.3 Å². The van der Waals surface area contributed by atoms with Gasteiger partial charge in [-0.15, -0.1) is 0 Å². The number of ether oxygens (including phenoxy) is 1. The second-order valence-electron chi connectivity index (χ2n) is 4.89. The van der Waals surface area contributed by atoms with Crippen molar-refractivity contribution in [3.8, 4) is 0 Å². The summed E-state index contributed by atoms with van der Waals surface area (Å²) in [5, 5.41) is 20.0. The van der Waals surface area contributed by atoms with Crippen LogP contribution in [0.5, 0.6) is 0 Å². The summed E-state index contributed by atoms with van der Waals surface area (Å²) >= 11 is 0. The Hall–Kier alpha value is -1.66. The van der Waals surface area contributed by atoms with Gasteiger partial charge in [0.25, 0.3) is 5.56 Å². The highest BCUT2D eigenvalue weighted by atomic mass is 31.2. The van der Waals surface area contributed by atoms with Crippen LogP contribution < -0.4 is 5.56 Å². The van der Waals surface area contributed by atoms with E-state index in [1.807, 2.05) is 0 Å². The maximum atomic E-state index is 11.6. The highest BCUT2D eigenvalue weighted by Crippen LogP contribution is 2.38. The van der Waals surface area contributed by atoms with Gasteiger partial charge in [0.2, 0.25) is 0 Å². The molecule has 3 rings (SSSR count). The topological polar surface area (TPSA) is 180 Å². The van der Waals surface area contributed by atoms with Crippen molar-refractivity contribution in [2.75, 3.05) is 6.61 Å². The Morgan fingerprint density at radius 3 is 2.60 bits per heavy atom. The fraction of sp³-hybridized carbons (Fsp3) is 0.583. The number of hydrogen-bond acceptors (Lipinski definition) is 8. The third-order valence-electron chi connectivity index (χ3n) is 3.38. The van der Waals surface area contributed by atoms with Crippen molar-refractivity contribution in [3.05, 3.63) is 23.0 Å². The first-order valence-electron chi connectivity index (χ1n) is 6.40. The molecule has 0 aliphatic carbocycles. The van der Waals surface area contributed by atoms with E-state index in [0.29, 0.717) is 0 Å². The van der Waals surface area contributed by atoms with E-state index >= 15 is 0 Å². The van der Waals surface area contributed by atoms with Crippen molar-refractivity contribution in [1.82, 2.24) is 19.5 Å². The van der Waals surface area contributed by atoms with Gasteiger partial charge in [-0.25, -0.2) is 14.5 Å². The fourth-order valence-corrected chi connectivity index (χ4v) is 2.66. The Morgan fingerprint density at radius 2 is 1.96 bits per heavy atom. The molecule has 0 saturated carbocycles. The Bertz CT molecular complexity index is 817. The van der Waals surface area contributed by atoms with E-state index in [0.717, 1.165) is 6.33 Å². The highest BCUT2D eigenvalue weighted by Gasteiger charge is 2.45. The molecule has 2 aromatic rings. The Kier molecular flexibility index (Phi) is 6.59. The number of phosphoric ester groups is 1. The number of aromatic nitrogens is 4. The van der Waals surface area contributed by atoms with E-state index in [1.165, 1.54) is 10.9 Å². The average Bonchev–Trinajstić information content (AvgIpc) is 3.01. The quantitative estimate of drug-likeness (QED) is 0.418. The molecule has 1 saturated heterocycles. The lowest BCUT2D eigenvalue weighted by Crippen LogP contribution is -2.33. The Balaban J connectivity index is 0.00000156. The van der Waals surface area contributed by atoms with E-state index in [4.69, 9.17) is 14.5 Å². The van der Waals surface area contributed by atoms with Crippen LogP contribution in [0.1, 0.15) is 21.1 Å². The van der Waals surface area contributed by atoms with Gasteiger partial charge >= 0.3 is 7.82 Å². The number of rotatable bonds is 4. The van der Waals surface area contributed by atoms with E-state index in [1.54, 1.807) is 0 Å². The molecular formula is C12H21N4O8P. The Labute approximate surface area is 142 Å². The number of nitrogens with zero attached hydrogens (tertiary/aromatic N) is 3. The van der Waals surface area contributed by atoms with Crippen LogP contribution in [0.25, 0.3) is 11.2 Å². The summed E-state index contributed by atoms with van der Waals surface area (Å²) in [5.74, 6) is 0. The molecule has 0 bridgehead atoms. The van der Waals surface area contributed by atoms with Crippen molar-refractivity contribution in [2.45, 2.75) is 39.4 Å². The molecule has 13 heteroatoms. The molecule has 5 N–H and O–H groups in total. The number of phosphoric acid groups is 1. The standard InChI is InChI=1S/C10H13N4O8P.2CH4/c15-6-4(1-21-23(18,19)20)22-10(7(6)16)14-3-13-5-8(14)11-2-12-9(5)17;;/h2-4,6-7,10,15-16H,1H2,(H,11,12,17)(H2,18,19,20);2*1H4. The van der Waals surface area contributed by atoms with Crippen molar-refractivity contribution in [1.29, 1.82) is 0 Å². The summed E-state index contributed by atoms with van der Waals surface area (Å²) in [5.41, 5.74) is -0.336. The van der Waals surface area contributed by atoms with Gasteiger partial charge in [-0.3, -0.25) is 13.9 Å². The normalized spacial score (nSPS) is 26.2. The summed E-state index contributed by atoms with van der Waals surface area (Å²) in [6, 6.07) is 0. The van der Waals surface area contributed by atoms with E-state index in [-0.39, 0.29) is 26.0 Å². The number of H-pyrrole nitrogens is 1. The molecular weight excluding hydrogens is 359 g/mol. The predicted molar refractivity (Wildman–Crippen MR) is 85.5 cm³/mol. The molecule has 1 aliphatic rings. The predicted octanol–water partition coefficient (Wildman–Crippen LogP) is -0.880. The second kappa shape index (κ2) is 7.70. The van der Waals surface area contributed by atoms with Crippen LogP contribution in [0.3, 0.4) is 0 Å². The minimum atomic E-state index is -4.74. The van der Waals surface area contributed by atoms with Crippen molar-refractivity contribution >= 4 is 19.0 Å². The van der Waals surface area contributed by atoms with Gasteiger partial charge < -0.3 is 29.7 Å². The fourth-order valence-electron chi connectivity index (χ4n) is 2.32. The van der Waals surface area contributed by atoms with Crippen LogP contribution >= 0.6 is 7.82 Å². The van der Waals surface area contributed by atoms with Crippen molar-refractivity contribution in [3.63, 3.8) is 0 Å². The van der Waals surface area contributed by atoms with Crippen LogP contribution in [0.15, 0.2) is 17.4 Å². The molecule has 3 heterocycles. The molecule has 142 valence electrons. The zero-order valence-electron chi connectivity index (χ0n) is 11.4. The smallest absolute Gasteiger partial charge is 0.387 e. The zero-order chi connectivity index (χ0) is 16.8. The Morgan fingerprint density at radius 1 is 1.28 bits per heavy atom. The lowest BCUT2D eigenvalue weighted by molar-refractivity contribution is -0.0504. The van der Waals surface area contributed by atoms with Gasteiger partial charge in [-0.1, -0.05) is 14.9 Å². The maximum absolute atomic E-state index is 11.6. The second-order valence-corrected chi connectivity index (χ2v) is 6.13. The third-order valence-corrected chi connectivity index (χ3v) is 3.87. The molecule has 4 unspecified atom stereocenters. The molecule has 2 aromatic heterocycles. The number of nitrogens with one attached hydrogen (secondary N) is 1. The first-order chi connectivity index (χ1) is 10.8. The minimum absolute atomic E-state index is 0. The minimum Gasteiger partial charge on any atom is -0.387 e. The molecule has 1 fully saturated rings. The number of imidazole rings is 1. The van der Waals surface area contributed by atoms with Crippen LogP contribution in [-0.2, 0) is 13.8 Å². The molecule has 4 atom stereocenters. The highest BCUT2D eigenvalue weighted by molar-refractivity contribution is 7.46. The first-order valence-corrected chi connectivity index (χ1v) is 7.93. The monoisotopic (exact) mass is 380 g/mol. The summed E-state index contributed by atoms with van der Waals surface area (Å²) in [4.78, 5) is 39.1. The van der Waals surface area contributed by atoms with Gasteiger partial charge in [-0.2, -0.15) is 0 Å². The number of aliphatic hydroxyl groups excluding tert-OH is 2. The molecule has 0 radical (unpaired) electrons. The molecule has 0 spiro atoms. The SMILES string of the molecule is C.C.O=c1[nH]cnc2c1ncn2C1OC(COP(=O)(O)O)C(O)C1O. The van der Waals surface area contributed by atoms with Gasteiger partial charge in [0.05, 0.1) is 19.3 Å². The van der Waals surface area contributed by atoms with Gasteiger partial charge in [-0.05, 0) is 0 Å². The number of hydrogen-bond donors (Lipinski definition) is 5. The van der Waals surface area contributed by atoms with Gasteiger partial charge in [0, 0.05) is 0 Å². The summed E-state index contributed by atoms with van der Waals surface area (Å²) in [6.45, 7) is -0.625. The average molecular weight is 380 g/mol. The van der Waals surface area contributed by atoms with Crippen LogP contribution in [0.2, 0.25) is 0 Å². The van der Waals surface area contributed by atoms with E-state index < -0.39 is 44.5 Å². The molecule has 0 aromatic carbocycles. The van der Waals surface area contributed by atoms with Crippen LogP contribution in [0, 0.1) is 0 Å². The van der Waals surface area contributed by atoms with Crippen molar-refractivity contribution < 1.29 is 33.8 Å². The summed E-state index contributed by atoms with van der Waals surface area (Å²) < 4.78 is 21.6. The summed E-state index contributed by atoms with van der Waals surface area (Å²) in [7, 11) is -4.74. The number of fused-ring (bicyclic) bond motifs is 1.